The number of fused-ring (bicyclic) bond motifs is 1. The summed E-state index contributed by atoms with van der Waals surface area (Å²) in [4.78, 5) is 4.23. The van der Waals surface area contributed by atoms with Crippen molar-refractivity contribution in [2.45, 2.75) is 46.6 Å². The van der Waals surface area contributed by atoms with Crippen LogP contribution in [0.15, 0.2) is 36.7 Å². The average molecular weight is 270 g/mol. The molecule has 1 aromatic heterocycles. The van der Waals surface area contributed by atoms with Gasteiger partial charge < -0.3 is 5.32 Å². The van der Waals surface area contributed by atoms with Gasteiger partial charge in [0.05, 0.1) is 0 Å². The van der Waals surface area contributed by atoms with Gasteiger partial charge in [0, 0.05) is 23.8 Å². The molecule has 0 aliphatic heterocycles. The Hall–Kier alpha value is -1.41. The molecule has 1 atom stereocenters. The summed E-state index contributed by atoms with van der Waals surface area (Å²) in [6, 6.07) is 9.07. The fourth-order valence-electron chi connectivity index (χ4n) is 2.67. The summed E-state index contributed by atoms with van der Waals surface area (Å²) >= 11 is 0. The third kappa shape index (κ3) is 3.80. The van der Waals surface area contributed by atoms with E-state index < -0.39 is 0 Å². The van der Waals surface area contributed by atoms with Gasteiger partial charge in [-0.05, 0) is 41.8 Å². The average Bonchev–Trinajstić information content (AvgIpc) is 2.41. The molecule has 0 radical (unpaired) electrons. The van der Waals surface area contributed by atoms with Gasteiger partial charge in [-0.25, -0.2) is 0 Å². The maximum Gasteiger partial charge on any atom is 0.0346 e. The first kappa shape index (κ1) is 15.0. The Morgan fingerprint density at radius 1 is 1.20 bits per heavy atom. The highest BCUT2D eigenvalue weighted by Crippen LogP contribution is 2.32. The highest BCUT2D eigenvalue weighted by Gasteiger charge is 2.21. The first-order valence-electron chi connectivity index (χ1n) is 7.57. The molecule has 1 aromatic carbocycles. The first-order chi connectivity index (χ1) is 9.51. The van der Waals surface area contributed by atoms with Crippen molar-refractivity contribution in [1.29, 1.82) is 0 Å². The van der Waals surface area contributed by atoms with Gasteiger partial charge >= 0.3 is 0 Å². The van der Waals surface area contributed by atoms with Crippen LogP contribution in [0.2, 0.25) is 0 Å². The molecule has 20 heavy (non-hydrogen) atoms. The number of aromatic nitrogens is 1. The van der Waals surface area contributed by atoms with Gasteiger partial charge in [0.2, 0.25) is 0 Å². The molecule has 2 heteroatoms. The molecule has 2 nitrogen and oxygen atoms in total. The van der Waals surface area contributed by atoms with Crippen molar-refractivity contribution in [3.63, 3.8) is 0 Å². The number of hydrogen-bond acceptors (Lipinski definition) is 2. The molecule has 0 amide bonds. The third-order valence-electron chi connectivity index (χ3n) is 3.55. The molecular formula is C18H26N2. The highest BCUT2D eigenvalue weighted by molar-refractivity contribution is 5.85. The zero-order valence-electron chi connectivity index (χ0n) is 13.1. The van der Waals surface area contributed by atoms with Crippen molar-refractivity contribution in [1.82, 2.24) is 10.3 Å². The minimum absolute atomic E-state index is 0.306. The zero-order valence-corrected chi connectivity index (χ0v) is 13.1. The zero-order chi connectivity index (χ0) is 14.6. The molecular weight excluding hydrogens is 244 g/mol. The summed E-state index contributed by atoms with van der Waals surface area (Å²) < 4.78 is 0. The fourth-order valence-corrected chi connectivity index (χ4v) is 2.67. The normalized spacial score (nSPS) is 13.6. The summed E-state index contributed by atoms with van der Waals surface area (Å²) in [5.74, 6) is 0. The Morgan fingerprint density at radius 3 is 2.70 bits per heavy atom. The lowest BCUT2D eigenvalue weighted by Crippen LogP contribution is -2.26. The van der Waals surface area contributed by atoms with Gasteiger partial charge in [-0.1, -0.05) is 45.9 Å². The molecule has 0 aliphatic rings. The fraction of sp³-hybridized carbons (Fsp3) is 0.500. The molecule has 2 rings (SSSR count). The van der Waals surface area contributed by atoms with Crippen LogP contribution in [0.4, 0.5) is 0 Å². The summed E-state index contributed by atoms with van der Waals surface area (Å²) in [6.07, 6.45) is 6.13. The van der Waals surface area contributed by atoms with E-state index in [0.29, 0.717) is 11.5 Å². The molecule has 2 aromatic rings. The van der Waals surface area contributed by atoms with Crippen molar-refractivity contribution < 1.29 is 0 Å². The van der Waals surface area contributed by atoms with Crippen LogP contribution in [-0.4, -0.2) is 11.5 Å². The van der Waals surface area contributed by atoms with E-state index in [2.05, 4.69) is 62.3 Å². The molecule has 0 saturated carbocycles. The van der Waals surface area contributed by atoms with Crippen molar-refractivity contribution in [2.75, 3.05) is 6.54 Å². The SMILES string of the molecule is CCCNC(CC(C)(C)C)c1cccc2cnccc12. The van der Waals surface area contributed by atoms with Gasteiger partial charge in [0.15, 0.2) is 0 Å². The Balaban J connectivity index is 2.39. The standard InChI is InChI=1S/C18H26N2/c1-5-10-20-17(12-18(2,3)4)16-8-6-7-14-13-19-11-9-15(14)16/h6-9,11,13,17,20H,5,10,12H2,1-4H3. The quantitative estimate of drug-likeness (QED) is 0.851. The van der Waals surface area contributed by atoms with Crippen LogP contribution in [0.1, 0.15) is 52.1 Å². The second-order valence-electron chi connectivity index (χ2n) is 6.72. The van der Waals surface area contributed by atoms with Crippen LogP contribution in [0.3, 0.4) is 0 Å². The minimum atomic E-state index is 0.306. The summed E-state index contributed by atoms with van der Waals surface area (Å²) in [5, 5.41) is 6.26. The number of benzene rings is 1. The summed E-state index contributed by atoms with van der Waals surface area (Å²) in [6.45, 7) is 10.2. The predicted molar refractivity (Wildman–Crippen MR) is 86.8 cm³/mol. The monoisotopic (exact) mass is 270 g/mol. The van der Waals surface area contributed by atoms with Crippen LogP contribution < -0.4 is 5.32 Å². The van der Waals surface area contributed by atoms with Crippen molar-refractivity contribution in [3.8, 4) is 0 Å². The van der Waals surface area contributed by atoms with E-state index in [-0.39, 0.29) is 0 Å². The van der Waals surface area contributed by atoms with E-state index in [9.17, 15) is 0 Å². The van der Waals surface area contributed by atoms with E-state index in [1.54, 1.807) is 0 Å². The van der Waals surface area contributed by atoms with Crippen molar-refractivity contribution in [2.24, 2.45) is 5.41 Å². The number of pyridine rings is 1. The lowest BCUT2D eigenvalue weighted by atomic mass is 9.84. The molecule has 1 unspecified atom stereocenters. The summed E-state index contributed by atoms with van der Waals surface area (Å²) in [5.41, 5.74) is 1.70. The van der Waals surface area contributed by atoms with Gasteiger partial charge in [-0.2, -0.15) is 0 Å². The highest BCUT2D eigenvalue weighted by atomic mass is 14.9. The Bertz CT molecular complexity index is 549. The predicted octanol–water partition coefficient (Wildman–Crippen LogP) is 4.71. The van der Waals surface area contributed by atoms with Crippen LogP contribution in [0, 0.1) is 5.41 Å². The summed E-state index contributed by atoms with van der Waals surface area (Å²) in [7, 11) is 0. The maximum atomic E-state index is 4.23. The second kappa shape index (κ2) is 6.36. The molecule has 0 aliphatic carbocycles. The van der Waals surface area contributed by atoms with E-state index in [1.807, 2.05) is 12.4 Å². The lowest BCUT2D eigenvalue weighted by molar-refractivity contribution is 0.312. The first-order valence-corrected chi connectivity index (χ1v) is 7.57. The molecule has 0 saturated heterocycles. The van der Waals surface area contributed by atoms with Crippen molar-refractivity contribution >= 4 is 10.8 Å². The minimum Gasteiger partial charge on any atom is -0.310 e. The van der Waals surface area contributed by atoms with Gasteiger partial charge in [-0.3, -0.25) is 4.98 Å². The Kier molecular flexibility index (Phi) is 4.77. The van der Waals surface area contributed by atoms with Gasteiger partial charge in [0.25, 0.3) is 0 Å². The number of rotatable bonds is 5. The lowest BCUT2D eigenvalue weighted by Gasteiger charge is -2.28. The largest absolute Gasteiger partial charge is 0.310 e. The smallest absolute Gasteiger partial charge is 0.0346 e. The number of nitrogens with zero attached hydrogens (tertiary/aromatic N) is 1. The van der Waals surface area contributed by atoms with Crippen LogP contribution >= 0.6 is 0 Å². The Labute approximate surface area is 122 Å². The Morgan fingerprint density at radius 2 is 2.00 bits per heavy atom. The van der Waals surface area contributed by atoms with Crippen molar-refractivity contribution in [3.05, 3.63) is 42.2 Å². The van der Waals surface area contributed by atoms with E-state index >= 15 is 0 Å². The number of hydrogen-bond donors (Lipinski definition) is 1. The van der Waals surface area contributed by atoms with Gasteiger partial charge in [-0.15, -0.1) is 0 Å². The molecule has 108 valence electrons. The number of nitrogens with one attached hydrogen (secondary N) is 1. The molecule has 0 fully saturated rings. The third-order valence-corrected chi connectivity index (χ3v) is 3.55. The van der Waals surface area contributed by atoms with Crippen LogP contribution in [-0.2, 0) is 0 Å². The second-order valence-corrected chi connectivity index (χ2v) is 6.72. The van der Waals surface area contributed by atoms with E-state index in [0.717, 1.165) is 19.4 Å². The molecule has 0 spiro atoms. The van der Waals surface area contributed by atoms with Crippen LogP contribution in [0.25, 0.3) is 10.8 Å². The maximum absolute atomic E-state index is 4.23. The molecule has 0 bridgehead atoms. The molecule has 1 N–H and O–H groups in total. The van der Waals surface area contributed by atoms with E-state index in [4.69, 9.17) is 0 Å². The molecule has 1 heterocycles. The van der Waals surface area contributed by atoms with E-state index in [1.165, 1.54) is 16.3 Å². The van der Waals surface area contributed by atoms with Crippen LogP contribution in [0.5, 0.6) is 0 Å². The van der Waals surface area contributed by atoms with Gasteiger partial charge in [0.1, 0.15) is 0 Å². The topological polar surface area (TPSA) is 24.9 Å².